The van der Waals surface area contributed by atoms with E-state index in [0.717, 1.165) is 25.1 Å². The van der Waals surface area contributed by atoms with Crippen molar-refractivity contribution in [1.29, 1.82) is 0 Å². The summed E-state index contributed by atoms with van der Waals surface area (Å²) in [6.45, 7) is 3.07. The molecule has 2 N–H and O–H groups in total. The van der Waals surface area contributed by atoms with Crippen LogP contribution in [0.3, 0.4) is 0 Å². The molecule has 0 aliphatic carbocycles. The van der Waals surface area contributed by atoms with Gasteiger partial charge in [-0.2, -0.15) is 0 Å². The highest BCUT2D eigenvalue weighted by Crippen LogP contribution is 2.11. The number of rotatable bonds is 6. The zero-order valence-electron chi connectivity index (χ0n) is 10.6. The fourth-order valence-electron chi connectivity index (χ4n) is 1.95. The summed E-state index contributed by atoms with van der Waals surface area (Å²) in [5.41, 5.74) is 1.23. The summed E-state index contributed by atoms with van der Waals surface area (Å²) in [5.74, 6) is 1.33. The molecule has 3 heteroatoms. The van der Waals surface area contributed by atoms with Gasteiger partial charge in [0.25, 0.3) is 0 Å². The highest BCUT2D eigenvalue weighted by atomic mass is 16.3. The van der Waals surface area contributed by atoms with Crippen LogP contribution in [0.4, 0.5) is 0 Å². The van der Waals surface area contributed by atoms with Crippen LogP contribution in [0.2, 0.25) is 0 Å². The third-order valence-corrected chi connectivity index (χ3v) is 2.92. The van der Waals surface area contributed by atoms with Gasteiger partial charge < -0.3 is 14.8 Å². The lowest BCUT2D eigenvalue weighted by Crippen LogP contribution is -2.29. The van der Waals surface area contributed by atoms with Crippen LogP contribution < -0.4 is 5.32 Å². The number of phenolic OH excluding ortho intramolecular Hbond substituents is 1. The van der Waals surface area contributed by atoms with E-state index in [-0.39, 0.29) is 0 Å². The normalized spacial score (nSPS) is 12.5. The Morgan fingerprint density at radius 1 is 1.22 bits per heavy atom. The van der Waals surface area contributed by atoms with Gasteiger partial charge in [-0.05, 0) is 43.2 Å². The molecule has 0 radical (unpaired) electrons. The maximum Gasteiger partial charge on any atom is 0.115 e. The van der Waals surface area contributed by atoms with Crippen molar-refractivity contribution in [2.75, 3.05) is 6.54 Å². The Hall–Kier alpha value is -1.74. The Balaban J connectivity index is 1.71. The molecule has 1 heterocycles. The molecule has 3 nitrogen and oxygen atoms in total. The van der Waals surface area contributed by atoms with E-state index in [0.29, 0.717) is 11.8 Å². The van der Waals surface area contributed by atoms with Crippen LogP contribution in [-0.4, -0.2) is 17.7 Å². The Labute approximate surface area is 107 Å². The second-order valence-corrected chi connectivity index (χ2v) is 4.56. The van der Waals surface area contributed by atoms with Crippen molar-refractivity contribution in [1.82, 2.24) is 5.32 Å². The van der Waals surface area contributed by atoms with Crippen LogP contribution in [0.25, 0.3) is 0 Å². The number of aromatic hydroxyl groups is 1. The lowest BCUT2D eigenvalue weighted by molar-refractivity contribution is 0.473. The Kier molecular flexibility index (Phi) is 4.42. The van der Waals surface area contributed by atoms with E-state index in [4.69, 9.17) is 4.42 Å². The van der Waals surface area contributed by atoms with Crippen molar-refractivity contribution in [2.24, 2.45) is 0 Å². The average molecular weight is 245 g/mol. The summed E-state index contributed by atoms with van der Waals surface area (Å²) in [6, 6.07) is 11.7. The highest BCUT2D eigenvalue weighted by Gasteiger charge is 2.03. The van der Waals surface area contributed by atoms with Gasteiger partial charge in [-0.3, -0.25) is 0 Å². The molecule has 0 saturated carbocycles. The molecule has 0 spiro atoms. The Bertz CT molecular complexity index is 448. The van der Waals surface area contributed by atoms with E-state index in [1.807, 2.05) is 24.3 Å². The van der Waals surface area contributed by atoms with E-state index in [2.05, 4.69) is 12.2 Å². The SMILES string of the molecule is CC(Cc1ccc(O)cc1)NCCc1ccco1. The van der Waals surface area contributed by atoms with Gasteiger partial charge in [0.1, 0.15) is 11.5 Å². The second-order valence-electron chi connectivity index (χ2n) is 4.56. The molecule has 18 heavy (non-hydrogen) atoms. The first-order valence-electron chi connectivity index (χ1n) is 6.28. The molecule has 2 rings (SSSR count). The maximum absolute atomic E-state index is 9.21. The smallest absolute Gasteiger partial charge is 0.115 e. The predicted molar refractivity (Wildman–Crippen MR) is 71.7 cm³/mol. The molecule has 1 unspecified atom stereocenters. The monoisotopic (exact) mass is 245 g/mol. The minimum absolute atomic E-state index is 0.317. The minimum atomic E-state index is 0.317. The van der Waals surface area contributed by atoms with Gasteiger partial charge in [-0.1, -0.05) is 12.1 Å². The molecule has 0 amide bonds. The number of phenols is 1. The molecule has 0 fully saturated rings. The topological polar surface area (TPSA) is 45.4 Å². The quantitative estimate of drug-likeness (QED) is 0.822. The van der Waals surface area contributed by atoms with Gasteiger partial charge in [0.2, 0.25) is 0 Å². The largest absolute Gasteiger partial charge is 0.508 e. The van der Waals surface area contributed by atoms with Crippen LogP contribution in [-0.2, 0) is 12.8 Å². The zero-order valence-corrected chi connectivity index (χ0v) is 10.6. The van der Waals surface area contributed by atoms with Gasteiger partial charge in [0.15, 0.2) is 0 Å². The second kappa shape index (κ2) is 6.26. The molecule has 1 aromatic carbocycles. The van der Waals surface area contributed by atoms with Crippen LogP contribution in [0.15, 0.2) is 47.1 Å². The molecular formula is C15H19NO2. The Morgan fingerprint density at radius 2 is 2.00 bits per heavy atom. The molecule has 1 atom stereocenters. The van der Waals surface area contributed by atoms with Gasteiger partial charge in [-0.15, -0.1) is 0 Å². The van der Waals surface area contributed by atoms with Crippen molar-refractivity contribution < 1.29 is 9.52 Å². The maximum atomic E-state index is 9.21. The van der Waals surface area contributed by atoms with Gasteiger partial charge in [0.05, 0.1) is 6.26 Å². The van der Waals surface area contributed by atoms with Crippen molar-refractivity contribution in [3.63, 3.8) is 0 Å². The van der Waals surface area contributed by atoms with Crippen molar-refractivity contribution in [2.45, 2.75) is 25.8 Å². The van der Waals surface area contributed by atoms with E-state index in [1.165, 1.54) is 5.56 Å². The van der Waals surface area contributed by atoms with Crippen molar-refractivity contribution >= 4 is 0 Å². The molecular weight excluding hydrogens is 226 g/mol. The van der Waals surface area contributed by atoms with E-state index in [9.17, 15) is 5.11 Å². The van der Waals surface area contributed by atoms with Gasteiger partial charge in [0, 0.05) is 19.0 Å². The number of nitrogens with one attached hydrogen (secondary N) is 1. The molecule has 96 valence electrons. The fraction of sp³-hybridized carbons (Fsp3) is 0.333. The summed E-state index contributed by atoms with van der Waals surface area (Å²) >= 11 is 0. The lowest BCUT2D eigenvalue weighted by Gasteiger charge is -2.13. The molecule has 1 aromatic heterocycles. The number of benzene rings is 1. The molecule has 2 aromatic rings. The summed E-state index contributed by atoms with van der Waals surface area (Å²) in [4.78, 5) is 0. The third-order valence-electron chi connectivity index (χ3n) is 2.92. The lowest BCUT2D eigenvalue weighted by atomic mass is 10.1. The van der Waals surface area contributed by atoms with E-state index < -0.39 is 0 Å². The highest BCUT2D eigenvalue weighted by molar-refractivity contribution is 5.26. The minimum Gasteiger partial charge on any atom is -0.508 e. The van der Waals surface area contributed by atoms with Crippen LogP contribution >= 0.6 is 0 Å². The fourth-order valence-corrected chi connectivity index (χ4v) is 1.95. The molecule has 0 aliphatic rings. The molecule has 0 bridgehead atoms. The third kappa shape index (κ3) is 3.93. The van der Waals surface area contributed by atoms with Gasteiger partial charge >= 0.3 is 0 Å². The standard InChI is InChI=1S/C15H19NO2/c1-12(11-13-4-6-14(17)7-5-13)16-9-8-15-3-2-10-18-15/h2-7,10,12,16-17H,8-9,11H2,1H3. The van der Waals surface area contributed by atoms with E-state index >= 15 is 0 Å². The molecule has 0 saturated heterocycles. The first kappa shape index (κ1) is 12.7. The van der Waals surface area contributed by atoms with E-state index in [1.54, 1.807) is 18.4 Å². The van der Waals surface area contributed by atoms with Crippen LogP contribution in [0, 0.1) is 0 Å². The zero-order chi connectivity index (χ0) is 12.8. The summed E-state index contributed by atoms with van der Waals surface area (Å²) in [7, 11) is 0. The summed E-state index contributed by atoms with van der Waals surface area (Å²) in [6.07, 6.45) is 3.57. The van der Waals surface area contributed by atoms with Gasteiger partial charge in [-0.25, -0.2) is 0 Å². The number of furan rings is 1. The first-order chi connectivity index (χ1) is 8.74. The van der Waals surface area contributed by atoms with Crippen LogP contribution in [0.1, 0.15) is 18.2 Å². The Morgan fingerprint density at radius 3 is 2.67 bits per heavy atom. The first-order valence-corrected chi connectivity index (χ1v) is 6.28. The average Bonchev–Trinajstić information content (AvgIpc) is 2.85. The van der Waals surface area contributed by atoms with Crippen LogP contribution in [0.5, 0.6) is 5.75 Å². The molecule has 0 aliphatic heterocycles. The van der Waals surface area contributed by atoms with Crippen molar-refractivity contribution in [3.05, 3.63) is 54.0 Å². The summed E-state index contributed by atoms with van der Waals surface area (Å²) in [5, 5.41) is 12.7. The number of hydrogen-bond donors (Lipinski definition) is 2. The predicted octanol–water partition coefficient (Wildman–Crippen LogP) is 2.75. The number of hydrogen-bond acceptors (Lipinski definition) is 3. The van der Waals surface area contributed by atoms with Crippen molar-refractivity contribution in [3.8, 4) is 5.75 Å². The summed E-state index contributed by atoms with van der Waals surface area (Å²) < 4.78 is 5.28.